The second-order valence-electron chi connectivity index (χ2n) is 6.77. The number of imidazole rings is 1. The Morgan fingerprint density at radius 3 is 2.73 bits per heavy atom. The van der Waals surface area contributed by atoms with Crippen LogP contribution in [0.1, 0.15) is 29.3 Å². The molecular weight excluding hydrogens is 376 g/mol. The number of nitrogens with zero attached hydrogens (tertiary/aromatic N) is 2. The van der Waals surface area contributed by atoms with E-state index in [0.29, 0.717) is 12.2 Å². The number of ether oxygens (including phenoxy) is 1. The smallest absolute Gasteiger partial charge is 0.271 e. The number of rotatable bonds is 7. The first-order valence-electron chi connectivity index (χ1n) is 9.85. The van der Waals surface area contributed by atoms with E-state index in [9.17, 15) is 4.79 Å². The summed E-state index contributed by atoms with van der Waals surface area (Å²) in [5.74, 6) is 1.21. The largest absolute Gasteiger partial charge is 0.493 e. The number of aromatic amines is 1. The van der Waals surface area contributed by atoms with E-state index in [1.165, 1.54) is 0 Å². The molecule has 0 aliphatic heterocycles. The summed E-state index contributed by atoms with van der Waals surface area (Å²) >= 11 is 0. The van der Waals surface area contributed by atoms with Crippen LogP contribution in [0.15, 0.2) is 77.9 Å². The van der Waals surface area contributed by atoms with Gasteiger partial charge in [0.15, 0.2) is 0 Å². The van der Waals surface area contributed by atoms with Crippen LogP contribution in [0.5, 0.6) is 5.75 Å². The highest BCUT2D eigenvalue weighted by Crippen LogP contribution is 2.21. The van der Waals surface area contributed by atoms with E-state index in [1.54, 1.807) is 18.3 Å². The number of hydrazone groups is 1. The molecule has 0 radical (unpaired) electrons. The van der Waals surface area contributed by atoms with Crippen molar-refractivity contribution in [3.8, 4) is 17.1 Å². The molecule has 0 fully saturated rings. The van der Waals surface area contributed by atoms with Crippen molar-refractivity contribution in [1.29, 1.82) is 0 Å². The second-order valence-corrected chi connectivity index (χ2v) is 6.77. The molecule has 0 spiro atoms. The van der Waals surface area contributed by atoms with E-state index in [2.05, 4.69) is 27.4 Å². The zero-order valence-electron chi connectivity index (χ0n) is 16.6. The van der Waals surface area contributed by atoms with Crippen molar-refractivity contribution in [2.24, 2.45) is 5.10 Å². The third-order valence-electron chi connectivity index (χ3n) is 4.54. The van der Waals surface area contributed by atoms with Gasteiger partial charge in [0.25, 0.3) is 5.91 Å². The highest BCUT2D eigenvalue weighted by Gasteiger charge is 2.09. The number of carbonyl (C=O) groups is 1. The zero-order valence-corrected chi connectivity index (χ0v) is 16.6. The number of benzene rings is 3. The van der Waals surface area contributed by atoms with Gasteiger partial charge in [-0.05, 0) is 36.8 Å². The standard InChI is InChI=1S/C24H22N4O2/c1-2-14-30-22-11-7-6-10-19(22)16-25-28-24(29)18-12-13-20-21(15-18)27-23(26-20)17-8-4-3-5-9-17/h3-13,15-16H,2,14H2,1H3,(H,26,27)(H,28,29)/b25-16+. The molecule has 1 aromatic heterocycles. The van der Waals surface area contributed by atoms with Crippen molar-refractivity contribution in [2.75, 3.05) is 6.61 Å². The van der Waals surface area contributed by atoms with Gasteiger partial charge in [0.05, 0.1) is 23.9 Å². The molecule has 0 bridgehead atoms. The van der Waals surface area contributed by atoms with E-state index in [0.717, 1.165) is 40.2 Å². The predicted octanol–water partition coefficient (Wildman–Crippen LogP) is 4.78. The Morgan fingerprint density at radius 2 is 1.90 bits per heavy atom. The van der Waals surface area contributed by atoms with Crippen LogP contribution in [-0.4, -0.2) is 28.7 Å². The molecule has 30 heavy (non-hydrogen) atoms. The summed E-state index contributed by atoms with van der Waals surface area (Å²) in [6, 6.07) is 22.8. The minimum Gasteiger partial charge on any atom is -0.493 e. The molecule has 0 saturated carbocycles. The van der Waals surface area contributed by atoms with Crippen molar-refractivity contribution in [2.45, 2.75) is 13.3 Å². The summed E-state index contributed by atoms with van der Waals surface area (Å²) in [4.78, 5) is 20.4. The van der Waals surface area contributed by atoms with E-state index >= 15 is 0 Å². The average molecular weight is 398 g/mol. The first kappa shape index (κ1) is 19.4. The maximum atomic E-state index is 12.5. The molecule has 6 nitrogen and oxygen atoms in total. The van der Waals surface area contributed by atoms with Gasteiger partial charge in [-0.2, -0.15) is 5.10 Å². The molecule has 0 unspecified atom stereocenters. The van der Waals surface area contributed by atoms with Crippen LogP contribution in [0.4, 0.5) is 0 Å². The molecule has 1 amide bonds. The zero-order chi connectivity index (χ0) is 20.8. The maximum absolute atomic E-state index is 12.5. The molecule has 0 atom stereocenters. The molecule has 1 heterocycles. The number of para-hydroxylation sites is 1. The molecule has 2 N–H and O–H groups in total. The van der Waals surface area contributed by atoms with Crippen LogP contribution in [0, 0.1) is 0 Å². The Labute approximate surface area is 174 Å². The fourth-order valence-corrected chi connectivity index (χ4v) is 3.04. The lowest BCUT2D eigenvalue weighted by Gasteiger charge is -2.07. The van der Waals surface area contributed by atoms with Crippen LogP contribution in [0.2, 0.25) is 0 Å². The van der Waals surface area contributed by atoms with Gasteiger partial charge >= 0.3 is 0 Å². The molecule has 0 saturated heterocycles. The fraction of sp³-hybridized carbons (Fsp3) is 0.125. The third-order valence-corrected chi connectivity index (χ3v) is 4.54. The van der Waals surface area contributed by atoms with Crippen LogP contribution < -0.4 is 10.2 Å². The molecule has 0 aliphatic carbocycles. The van der Waals surface area contributed by atoms with Gasteiger partial charge in [0.2, 0.25) is 0 Å². The average Bonchev–Trinajstić information content (AvgIpc) is 3.22. The van der Waals surface area contributed by atoms with Gasteiger partial charge in [-0.15, -0.1) is 0 Å². The lowest BCUT2D eigenvalue weighted by atomic mass is 10.2. The highest BCUT2D eigenvalue weighted by molar-refractivity contribution is 5.98. The number of hydrogen-bond donors (Lipinski definition) is 2. The van der Waals surface area contributed by atoms with Crippen molar-refractivity contribution in [1.82, 2.24) is 15.4 Å². The minimum absolute atomic E-state index is 0.295. The number of hydrogen-bond acceptors (Lipinski definition) is 4. The van der Waals surface area contributed by atoms with Crippen LogP contribution in [0.25, 0.3) is 22.4 Å². The molecule has 0 aliphatic rings. The summed E-state index contributed by atoms with van der Waals surface area (Å²) in [5, 5.41) is 4.09. The van der Waals surface area contributed by atoms with E-state index in [1.807, 2.05) is 60.7 Å². The third kappa shape index (κ3) is 4.38. The Hall–Kier alpha value is -3.93. The van der Waals surface area contributed by atoms with E-state index in [-0.39, 0.29) is 5.91 Å². The van der Waals surface area contributed by atoms with Crippen molar-refractivity contribution < 1.29 is 9.53 Å². The fourth-order valence-electron chi connectivity index (χ4n) is 3.04. The topological polar surface area (TPSA) is 79.4 Å². The Kier molecular flexibility index (Phi) is 5.85. The van der Waals surface area contributed by atoms with Crippen molar-refractivity contribution >= 4 is 23.2 Å². The number of carbonyl (C=O) groups excluding carboxylic acids is 1. The van der Waals surface area contributed by atoms with Crippen LogP contribution in [0.3, 0.4) is 0 Å². The summed E-state index contributed by atoms with van der Waals surface area (Å²) in [5.41, 5.74) is 6.47. The SMILES string of the molecule is CCCOc1ccccc1/C=N/NC(=O)c1ccc2nc(-c3ccccc3)[nH]c2c1. The minimum atomic E-state index is -0.295. The monoisotopic (exact) mass is 398 g/mol. The normalized spacial score (nSPS) is 11.1. The number of amides is 1. The summed E-state index contributed by atoms with van der Waals surface area (Å²) in [7, 11) is 0. The first-order valence-corrected chi connectivity index (χ1v) is 9.85. The number of aromatic nitrogens is 2. The first-order chi connectivity index (χ1) is 14.7. The van der Waals surface area contributed by atoms with E-state index in [4.69, 9.17) is 4.74 Å². The lowest BCUT2D eigenvalue weighted by Crippen LogP contribution is -2.17. The van der Waals surface area contributed by atoms with Crippen molar-refractivity contribution in [3.63, 3.8) is 0 Å². The maximum Gasteiger partial charge on any atom is 0.271 e. The second kappa shape index (κ2) is 9.05. The van der Waals surface area contributed by atoms with Gasteiger partial charge in [0, 0.05) is 16.7 Å². The van der Waals surface area contributed by atoms with Crippen molar-refractivity contribution in [3.05, 3.63) is 83.9 Å². The molecule has 4 aromatic rings. The molecule has 150 valence electrons. The Bertz CT molecular complexity index is 1180. The van der Waals surface area contributed by atoms with Crippen LogP contribution >= 0.6 is 0 Å². The lowest BCUT2D eigenvalue weighted by molar-refractivity contribution is 0.0955. The Morgan fingerprint density at radius 1 is 1.10 bits per heavy atom. The predicted molar refractivity (Wildman–Crippen MR) is 119 cm³/mol. The molecule has 6 heteroatoms. The summed E-state index contributed by atoms with van der Waals surface area (Å²) in [6.45, 7) is 2.68. The summed E-state index contributed by atoms with van der Waals surface area (Å²) < 4.78 is 5.70. The van der Waals surface area contributed by atoms with Gasteiger partial charge in [-0.3, -0.25) is 4.79 Å². The number of fused-ring (bicyclic) bond motifs is 1. The van der Waals surface area contributed by atoms with Gasteiger partial charge in [-0.1, -0.05) is 49.4 Å². The van der Waals surface area contributed by atoms with E-state index < -0.39 is 0 Å². The van der Waals surface area contributed by atoms with Crippen LogP contribution in [-0.2, 0) is 0 Å². The van der Waals surface area contributed by atoms with Gasteiger partial charge in [-0.25, -0.2) is 10.4 Å². The number of H-pyrrole nitrogens is 1. The summed E-state index contributed by atoms with van der Waals surface area (Å²) in [6.07, 6.45) is 2.51. The molecule has 3 aromatic carbocycles. The Balaban J connectivity index is 1.48. The molecular formula is C24H22N4O2. The van der Waals surface area contributed by atoms with Gasteiger partial charge < -0.3 is 9.72 Å². The molecule has 4 rings (SSSR count). The number of nitrogens with one attached hydrogen (secondary N) is 2. The highest BCUT2D eigenvalue weighted by atomic mass is 16.5. The van der Waals surface area contributed by atoms with Gasteiger partial charge in [0.1, 0.15) is 11.6 Å². The quantitative estimate of drug-likeness (QED) is 0.347.